The van der Waals surface area contributed by atoms with Crippen molar-refractivity contribution in [3.8, 4) is 0 Å². The summed E-state index contributed by atoms with van der Waals surface area (Å²) in [5.41, 5.74) is 1.41. The molecule has 30 heavy (non-hydrogen) atoms. The molecule has 0 saturated heterocycles. The van der Waals surface area contributed by atoms with Crippen molar-refractivity contribution in [2.45, 2.75) is 58.4 Å². The average molecular weight is 427 g/mol. The lowest BCUT2D eigenvalue weighted by Crippen LogP contribution is -2.34. The number of nitrogens with zero attached hydrogens (tertiary/aromatic N) is 4. The van der Waals surface area contributed by atoms with Crippen molar-refractivity contribution in [3.63, 3.8) is 0 Å². The molecule has 1 saturated carbocycles. The van der Waals surface area contributed by atoms with E-state index in [0.717, 1.165) is 42.0 Å². The minimum absolute atomic E-state index is 0.171. The van der Waals surface area contributed by atoms with Crippen LogP contribution in [-0.4, -0.2) is 33.4 Å². The highest BCUT2D eigenvalue weighted by molar-refractivity contribution is 7.09. The molecule has 0 radical (unpaired) electrons. The Hall–Kier alpha value is -2.81. The molecule has 2 aliphatic rings. The highest BCUT2D eigenvalue weighted by Gasteiger charge is 2.32. The van der Waals surface area contributed by atoms with Gasteiger partial charge in [0.2, 0.25) is 0 Å². The Morgan fingerprint density at radius 3 is 2.87 bits per heavy atom. The van der Waals surface area contributed by atoms with E-state index in [0.29, 0.717) is 12.4 Å². The number of thiophene rings is 1. The van der Waals surface area contributed by atoms with E-state index in [2.05, 4.69) is 25.7 Å². The average Bonchev–Trinajstić information content (AvgIpc) is 3.36. The Kier molecular flexibility index (Phi) is 5.55. The van der Waals surface area contributed by atoms with Gasteiger partial charge in [0.05, 0.1) is 18.2 Å². The van der Waals surface area contributed by atoms with Gasteiger partial charge in [0.1, 0.15) is 5.82 Å². The molecule has 1 aliphatic carbocycles. The Morgan fingerprint density at radius 1 is 1.30 bits per heavy atom. The van der Waals surface area contributed by atoms with Gasteiger partial charge in [0.25, 0.3) is 11.9 Å². The van der Waals surface area contributed by atoms with Gasteiger partial charge >= 0.3 is 6.03 Å². The van der Waals surface area contributed by atoms with Crippen molar-refractivity contribution in [2.24, 2.45) is 15.9 Å². The number of amides is 3. The molecule has 0 aromatic carbocycles. The van der Waals surface area contributed by atoms with Crippen molar-refractivity contribution in [2.75, 3.05) is 5.32 Å². The van der Waals surface area contributed by atoms with Crippen LogP contribution in [0.2, 0.25) is 0 Å². The van der Waals surface area contributed by atoms with Crippen molar-refractivity contribution < 1.29 is 9.59 Å². The number of aliphatic imine (C=N–C) groups is 2. The zero-order valence-corrected chi connectivity index (χ0v) is 18.3. The van der Waals surface area contributed by atoms with Crippen LogP contribution in [0.4, 0.5) is 10.6 Å². The Balaban J connectivity index is 1.60. The molecule has 3 heterocycles. The van der Waals surface area contributed by atoms with Gasteiger partial charge in [-0.25, -0.2) is 9.79 Å². The molecule has 1 unspecified atom stereocenters. The van der Waals surface area contributed by atoms with Gasteiger partial charge in [-0.1, -0.05) is 33.3 Å². The molecule has 9 heteroatoms. The second kappa shape index (κ2) is 8.14. The molecule has 8 nitrogen and oxygen atoms in total. The number of nitrogens with one attached hydrogen (secondary N) is 2. The summed E-state index contributed by atoms with van der Waals surface area (Å²) in [6.45, 7) is 6.55. The lowest BCUT2D eigenvalue weighted by molar-refractivity contribution is -0.120. The number of fused-ring (bicyclic) bond motifs is 1. The SMILES string of the molecule is CC(C)(C)c1cc(NC(=O)NCc2cccs2)n(C2=NC(=O)C3CCCCC3=N2)n1. The highest BCUT2D eigenvalue weighted by Crippen LogP contribution is 2.28. The van der Waals surface area contributed by atoms with Gasteiger partial charge in [-0.15, -0.1) is 11.3 Å². The van der Waals surface area contributed by atoms with E-state index in [-0.39, 0.29) is 29.2 Å². The second-order valence-electron chi connectivity index (χ2n) is 8.62. The lowest BCUT2D eigenvalue weighted by atomic mass is 9.86. The summed E-state index contributed by atoms with van der Waals surface area (Å²) in [6.07, 6.45) is 3.65. The van der Waals surface area contributed by atoms with Crippen LogP contribution in [0.3, 0.4) is 0 Å². The molecule has 4 rings (SSSR count). The number of rotatable bonds is 3. The number of hydrogen-bond donors (Lipinski definition) is 2. The van der Waals surface area contributed by atoms with Crippen molar-refractivity contribution in [1.29, 1.82) is 0 Å². The van der Waals surface area contributed by atoms with Crippen molar-refractivity contribution >= 4 is 40.8 Å². The third-order valence-corrected chi connectivity index (χ3v) is 6.12. The van der Waals surface area contributed by atoms with Crippen LogP contribution in [0.1, 0.15) is 57.0 Å². The molecule has 2 aromatic heterocycles. The largest absolute Gasteiger partial charge is 0.333 e. The molecule has 1 atom stereocenters. The molecular formula is C21H26N6O2S. The fourth-order valence-corrected chi connectivity index (χ4v) is 4.19. The first-order valence-corrected chi connectivity index (χ1v) is 11.1. The summed E-state index contributed by atoms with van der Waals surface area (Å²) in [5.74, 6) is 0.284. The molecule has 0 bridgehead atoms. The van der Waals surface area contributed by atoms with Gasteiger partial charge in [0, 0.05) is 22.1 Å². The summed E-state index contributed by atoms with van der Waals surface area (Å²) < 4.78 is 1.47. The second-order valence-corrected chi connectivity index (χ2v) is 9.65. The van der Waals surface area contributed by atoms with E-state index < -0.39 is 0 Å². The fourth-order valence-electron chi connectivity index (χ4n) is 3.55. The van der Waals surface area contributed by atoms with Gasteiger partial charge in [-0.3, -0.25) is 10.1 Å². The zero-order valence-electron chi connectivity index (χ0n) is 17.4. The van der Waals surface area contributed by atoms with Crippen LogP contribution in [0, 0.1) is 5.92 Å². The molecule has 2 N–H and O–H groups in total. The number of anilines is 1. The maximum atomic E-state index is 12.6. The summed E-state index contributed by atoms with van der Waals surface area (Å²) >= 11 is 1.58. The van der Waals surface area contributed by atoms with Gasteiger partial charge in [-0.05, 0) is 30.7 Å². The number of aromatic nitrogens is 2. The summed E-state index contributed by atoms with van der Waals surface area (Å²) in [7, 11) is 0. The lowest BCUT2D eigenvalue weighted by Gasteiger charge is -2.24. The predicted octanol–water partition coefficient (Wildman–Crippen LogP) is 3.94. The summed E-state index contributed by atoms with van der Waals surface area (Å²) in [5, 5.41) is 12.3. The zero-order chi connectivity index (χ0) is 21.3. The number of hydrogen-bond acceptors (Lipinski definition) is 5. The molecule has 1 fully saturated rings. The van der Waals surface area contributed by atoms with Gasteiger partial charge in [-0.2, -0.15) is 14.8 Å². The first kappa shape index (κ1) is 20.5. The Labute approximate surface area is 179 Å². The van der Waals surface area contributed by atoms with E-state index in [4.69, 9.17) is 0 Å². The number of urea groups is 1. The summed E-state index contributed by atoms with van der Waals surface area (Å²) in [6, 6.07) is 5.37. The molecule has 1 aliphatic heterocycles. The van der Waals surface area contributed by atoms with Crippen molar-refractivity contribution in [3.05, 3.63) is 34.2 Å². The van der Waals surface area contributed by atoms with Crippen LogP contribution in [-0.2, 0) is 16.8 Å². The Morgan fingerprint density at radius 2 is 2.13 bits per heavy atom. The normalized spacial score (nSPS) is 19.0. The van der Waals surface area contributed by atoms with E-state index in [9.17, 15) is 9.59 Å². The first-order chi connectivity index (χ1) is 14.3. The monoisotopic (exact) mass is 426 g/mol. The maximum absolute atomic E-state index is 12.6. The molecule has 0 spiro atoms. The molecule has 2 aromatic rings. The third kappa shape index (κ3) is 4.35. The van der Waals surface area contributed by atoms with Crippen LogP contribution in [0.15, 0.2) is 33.6 Å². The van der Waals surface area contributed by atoms with E-state index in [1.807, 2.05) is 44.4 Å². The fraction of sp³-hybridized carbons (Fsp3) is 0.476. The third-order valence-electron chi connectivity index (χ3n) is 5.24. The molecule has 3 amide bonds. The van der Waals surface area contributed by atoms with Crippen molar-refractivity contribution in [1.82, 2.24) is 15.1 Å². The number of carbonyl (C=O) groups is 2. The van der Waals surface area contributed by atoms with Gasteiger partial charge in [0.15, 0.2) is 0 Å². The van der Waals surface area contributed by atoms with Crippen LogP contribution in [0.5, 0.6) is 0 Å². The summed E-state index contributed by atoms with van der Waals surface area (Å²) in [4.78, 5) is 35.0. The first-order valence-electron chi connectivity index (χ1n) is 10.2. The standard InChI is InChI=1S/C21H26N6O2S/c1-21(2,3)16-11-17(24-20(29)22-12-13-7-6-10-30-13)27(26-16)19-23-15-9-5-4-8-14(15)18(28)25-19/h6-7,10-11,14H,4-5,8-9,12H2,1-3H3,(H2,22,24,29). The van der Waals surface area contributed by atoms with Crippen LogP contribution in [0.25, 0.3) is 0 Å². The predicted molar refractivity (Wildman–Crippen MR) is 118 cm³/mol. The molecule has 158 valence electrons. The van der Waals surface area contributed by atoms with E-state index in [1.165, 1.54) is 4.68 Å². The van der Waals surface area contributed by atoms with Crippen LogP contribution >= 0.6 is 11.3 Å². The highest BCUT2D eigenvalue weighted by atomic mass is 32.1. The number of carbonyl (C=O) groups excluding carboxylic acids is 2. The maximum Gasteiger partial charge on any atom is 0.320 e. The van der Waals surface area contributed by atoms with E-state index >= 15 is 0 Å². The van der Waals surface area contributed by atoms with E-state index in [1.54, 1.807) is 11.3 Å². The smallest absolute Gasteiger partial charge is 0.320 e. The Bertz CT molecular complexity index is 1010. The van der Waals surface area contributed by atoms with Gasteiger partial charge < -0.3 is 5.32 Å². The minimum atomic E-state index is -0.351. The minimum Gasteiger partial charge on any atom is -0.333 e. The molecular weight excluding hydrogens is 400 g/mol. The van der Waals surface area contributed by atoms with Crippen LogP contribution < -0.4 is 10.6 Å². The quantitative estimate of drug-likeness (QED) is 0.777. The topological polar surface area (TPSA) is 101 Å².